The number of aliphatic imine (C=N–C) groups is 1. The van der Waals surface area contributed by atoms with Gasteiger partial charge in [-0.3, -0.25) is 9.79 Å². The lowest BCUT2D eigenvalue weighted by molar-refractivity contribution is -0.134. The molecule has 2 aromatic rings. The van der Waals surface area contributed by atoms with E-state index in [0.717, 1.165) is 42.4 Å². The number of guanidine groups is 1. The van der Waals surface area contributed by atoms with Crippen molar-refractivity contribution in [2.45, 2.75) is 45.2 Å². The Morgan fingerprint density at radius 1 is 1.33 bits per heavy atom. The van der Waals surface area contributed by atoms with Crippen molar-refractivity contribution >= 4 is 35.8 Å². The smallest absolute Gasteiger partial charge is 0.224 e. The first-order chi connectivity index (χ1) is 14.1. The van der Waals surface area contributed by atoms with Crippen molar-refractivity contribution in [3.63, 3.8) is 0 Å². The van der Waals surface area contributed by atoms with Crippen molar-refractivity contribution in [1.29, 1.82) is 0 Å². The molecule has 1 fully saturated rings. The molecule has 1 aromatic carbocycles. The number of imidazole rings is 1. The van der Waals surface area contributed by atoms with Crippen LogP contribution in [-0.4, -0.2) is 64.9 Å². The van der Waals surface area contributed by atoms with Crippen LogP contribution in [0, 0.1) is 0 Å². The Balaban J connectivity index is 0.00000320. The van der Waals surface area contributed by atoms with Crippen LogP contribution in [0.25, 0.3) is 11.3 Å². The van der Waals surface area contributed by atoms with Gasteiger partial charge in [-0.25, -0.2) is 4.98 Å². The van der Waals surface area contributed by atoms with Crippen molar-refractivity contribution in [1.82, 2.24) is 25.1 Å². The summed E-state index contributed by atoms with van der Waals surface area (Å²) >= 11 is 0. The number of nitrogens with one attached hydrogen (secondary N) is 2. The minimum atomic E-state index is 0. The molecule has 0 bridgehead atoms. The van der Waals surface area contributed by atoms with E-state index in [1.807, 2.05) is 41.2 Å². The zero-order chi connectivity index (χ0) is 20.6. The Morgan fingerprint density at radius 3 is 2.80 bits per heavy atom. The number of aromatic nitrogens is 2. The molecule has 0 spiro atoms. The average Bonchev–Trinajstić information content (AvgIpc) is 3.20. The summed E-state index contributed by atoms with van der Waals surface area (Å²) in [6.07, 6.45) is 5.78. The van der Waals surface area contributed by atoms with Gasteiger partial charge in [-0.2, -0.15) is 0 Å². The number of rotatable bonds is 6. The Labute approximate surface area is 196 Å². The van der Waals surface area contributed by atoms with Crippen LogP contribution in [0.4, 0.5) is 0 Å². The first kappa shape index (κ1) is 24.2. The first-order valence-electron chi connectivity index (χ1n) is 10.4. The number of carbonyl (C=O) groups excluding carboxylic acids is 1. The number of benzene rings is 1. The maximum absolute atomic E-state index is 12.5. The molecular weight excluding hydrogens is 491 g/mol. The predicted octanol–water partition coefficient (Wildman–Crippen LogP) is 3.49. The summed E-state index contributed by atoms with van der Waals surface area (Å²) in [4.78, 5) is 28.7. The highest BCUT2D eigenvalue weighted by atomic mass is 127. The summed E-state index contributed by atoms with van der Waals surface area (Å²) in [6.45, 7) is 4.21. The highest BCUT2D eigenvalue weighted by Gasteiger charge is 2.22. The van der Waals surface area contributed by atoms with Crippen molar-refractivity contribution in [3.05, 3.63) is 42.4 Å². The number of H-pyrrole nitrogens is 1. The number of aromatic amines is 1. The van der Waals surface area contributed by atoms with Gasteiger partial charge in [0.25, 0.3) is 0 Å². The molecule has 2 heterocycles. The third kappa shape index (κ3) is 6.45. The molecule has 0 saturated carbocycles. The molecule has 3 rings (SSSR count). The number of halogens is 1. The van der Waals surface area contributed by atoms with Gasteiger partial charge in [0.2, 0.25) is 5.91 Å². The predicted molar refractivity (Wildman–Crippen MR) is 132 cm³/mol. The van der Waals surface area contributed by atoms with Gasteiger partial charge >= 0.3 is 0 Å². The summed E-state index contributed by atoms with van der Waals surface area (Å²) < 4.78 is 0. The third-order valence-corrected chi connectivity index (χ3v) is 5.42. The monoisotopic (exact) mass is 524 g/mol. The lowest BCUT2D eigenvalue weighted by Gasteiger charge is -2.33. The summed E-state index contributed by atoms with van der Waals surface area (Å²) in [5, 5.41) is 3.30. The molecule has 8 heteroatoms. The van der Waals surface area contributed by atoms with Gasteiger partial charge in [0, 0.05) is 39.6 Å². The average molecular weight is 524 g/mol. The van der Waals surface area contributed by atoms with Crippen LogP contribution >= 0.6 is 24.0 Å². The minimum absolute atomic E-state index is 0. The summed E-state index contributed by atoms with van der Waals surface area (Å²) in [7, 11) is 3.72. The van der Waals surface area contributed by atoms with Crippen LogP contribution < -0.4 is 5.32 Å². The number of nitrogens with zero attached hydrogens (tertiary/aromatic N) is 4. The third-order valence-electron chi connectivity index (χ3n) is 5.42. The zero-order valence-corrected chi connectivity index (χ0v) is 20.4. The molecule has 30 heavy (non-hydrogen) atoms. The van der Waals surface area contributed by atoms with Gasteiger partial charge < -0.3 is 20.1 Å². The molecule has 1 aromatic heterocycles. The second-order valence-electron chi connectivity index (χ2n) is 7.62. The van der Waals surface area contributed by atoms with E-state index in [1.54, 1.807) is 7.05 Å². The number of likely N-dealkylation sites (tertiary alicyclic amines) is 1. The fourth-order valence-electron chi connectivity index (χ4n) is 3.78. The standard InChI is InChI=1S/C22H32N6O.HI/c1-17-9-7-8-14-28(17)21(29)12-13-24-22(23-2)27(3)16-20-25-15-19(26-20)18-10-5-4-6-11-18;/h4-6,10-11,15,17H,7-9,12-14,16H2,1-3H3,(H,23,24)(H,25,26);1H. The lowest BCUT2D eigenvalue weighted by atomic mass is 10.0. The molecule has 1 aliphatic heterocycles. The zero-order valence-electron chi connectivity index (χ0n) is 18.1. The molecule has 1 atom stereocenters. The van der Waals surface area contributed by atoms with Crippen LogP contribution in [0.3, 0.4) is 0 Å². The Morgan fingerprint density at radius 2 is 2.10 bits per heavy atom. The topological polar surface area (TPSA) is 76.6 Å². The summed E-state index contributed by atoms with van der Waals surface area (Å²) in [5.74, 6) is 1.84. The van der Waals surface area contributed by atoms with E-state index in [2.05, 4.69) is 39.3 Å². The number of hydrogen-bond acceptors (Lipinski definition) is 3. The van der Waals surface area contributed by atoms with Crippen LogP contribution in [0.2, 0.25) is 0 Å². The van der Waals surface area contributed by atoms with Crippen LogP contribution in [0.1, 0.15) is 38.4 Å². The molecule has 1 unspecified atom stereocenters. The van der Waals surface area contributed by atoms with Crippen LogP contribution in [0.15, 0.2) is 41.5 Å². The lowest BCUT2D eigenvalue weighted by Crippen LogP contribution is -2.44. The van der Waals surface area contributed by atoms with E-state index in [1.165, 1.54) is 6.42 Å². The highest BCUT2D eigenvalue weighted by molar-refractivity contribution is 14.0. The number of hydrogen-bond donors (Lipinski definition) is 2. The van der Waals surface area contributed by atoms with Gasteiger partial charge in [-0.15, -0.1) is 24.0 Å². The quantitative estimate of drug-likeness (QED) is 0.345. The maximum atomic E-state index is 12.5. The van der Waals surface area contributed by atoms with E-state index in [-0.39, 0.29) is 29.9 Å². The molecule has 7 nitrogen and oxygen atoms in total. The molecule has 2 N–H and O–H groups in total. The Bertz CT molecular complexity index is 822. The fraction of sp³-hybridized carbons (Fsp3) is 0.500. The molecule has 0 radical (unpaired) electrons. The van der Waals surface area contributed by atoms with Gasteiger partial charge in [-0.05, 0) is 31.7 Å². The molecule has 164 valence electrons. The summed E-state index contributed by atoms with van der Waals surface area (Å²) in [6, 6.07) is 10.5. The second-order valence-corrected chi connectivity index (χ2v) is 7.62. The van der Waals surface area contributed by atoms with Crippen LogP contribution in [0.5, 0.6) is 0 Å². The molecule has 1 aliphatic rings. The van der Waals surface area contributed by atoms with E-state index >= 15 is 0 Å². The van der Waals surface area contributed by atoms with E-state index in [0.29, 0.717) is 25.6 Å². The fourth-order valence-corrected chi connectivity index (χ4v) is 3.78. The van der Waals surface area contributed by atoms with Gasteiger partial charge in [-0.1, -0.05) is 30.3 Å². The molecule has 1 amide bonds. The van der Waals surface area contributed by atoms with Gasteiger partial charge in [0.15, 0.2) is 5.96 Å². The normalized spacial score (nSPS) is 16.7. The van der Waals surface area contributed by atoms with Crippen molar-refractivity contribution in [3.8, 4) is 11.3 Å². The van der Waals surface area contributed by atoms with Gasteiger partial charge in [0.05, 0.1) is 18.4 Å². The molecule has 0 aliphatic carbocycles. The van der Waals surface area contributed by atoms with Gasteiger partial charge in [0.1, 0.15) is 5.82 Å². The maximum Gasteiger partial charge on any atom is 0.224 e. The minimum Gasteiger partial charge on any atom is -0.356 e. The Hall–Kier alpha value is -2.10. The summed E-state index contributed by atoms with van der Waals surface area (Å²) in [5.41, 5.74) is 2.11. The first-order valence-corrected chi connectivity index (χ1v) is 10.4. The van der Waals surface area contributed by atoms with Crippen LogP contribution in [-0.2, 0) is 11.3 Å². The SMILES string of the molecule is CN=C(NCCC(=O)N1CCCCC1C)N(C)Cc1ncc(-c2ccccc2)[nH]1.I. The molecule has 1 saturated heterocycles. The number of piperidine rings is 1. The molecular formula is C22H33IN6O. The number of carbonyl (C=O) groups is 1. The number of amides is 1. The van der Waals surface area contributed by atoms with Crippen molar-refractivity contribution < 1.29 is 4.79 Å². The second kappa shape index (κ2) is 11.9. The highest BCUT2D eigenvalue weighted by Crippen LogP contribution is 2.17. The van der Waals surface area contributed by atoms with E-state index < -0.39 is 0 Å². The Kier molecular flexibility index (Phi) is 9.61. The van der Waals surface area contributed by atoms with E-state index in [9.17, 15) is 4.79 Å². The van der Waals surface area contributed by atoms with Crippen molar-refractivity contribution in [2.75, 3.05) is 27.2 Å². The largest absolute Gasteiger partial charge is 0.356 e. The van der Waals surface area contributed by atoms with E-state index in [4.69, 9.17) is 0 Å². The van der Waals surface area contributed by atoms with Crippen molar-refractivity contribution in [2.24, 2.45) is 4.99 Å².